The number of hydrogen-bond acceptors (Lipinski definition) is 3. The Labute approximate surface area is 174 Å². The highest BCUT2D eigenvalue weighted by Gasteiger charge is 2.20. The van der Waals surface area contributed by atoms with Crippen molar-refractivity contribution in [3.63, 3.8) is 0 Å². The molecule has 0 saturated carbocycles. The van der Waals surface area contributed by atoms with Crippen LogP contribution < -0.4 is 9.47 Å². The van der Waals surface area contributed by atoms with Crippen molar-refractivity contribution < 1.29 is 14.3 Å². The van der Waals surface area contributed by atoms with Crippen LogP contribution in [-0.2, 0) is 17.8 Å². The van der Waals surface area contributed by atoms with Gasteiger partial charge in [-0.25, -0.2) is 4.79 Å². The van der Waals surface area contributed by atoms with Crippen LogP contribution in [-0.4, -0.2) is 5.97 Å². The molecule has 0 heterocycles. The number of hydrogen-bond donors (Lipinski definition) is 0. The zero-order chi connectivity index (χ0) is 21.4. The van der Waals surface area contributed by atoms with Gasteiger partial charge in [0.25, 0.3) is 0 Å². The molecule has 2 aromatic rings. The largest absolute Gasteiger partial charge is 0.489 e. The number of ether oxygens (including phenoxy) is 2. The van der Waals surface area contributed by atoms with E-state index in [9.17, 15) is 4.79 Å². The summed E-state index contributed by atoms with van der Waals surface area (Å²) in [5.74, 6) is 0.990. The molecule has 0 bridgehead atoms. The number of esters is 1. The molecular formula is C26H30O3. The first-order valence-electron chi connectivity index (χ1n) is 9.78. The molecule has 29 heavy (non-hydrogen) atoms. The summed E-state index contributed by atoms with van der Waals surface area (Å²) in [5.41, 5.74) is 4.30. The van der Waals surface area contributed by atoms with E-state index in [0.717, 1.165) is 34.4 Å². The minimum Gasteiger partial charge on any atom is -0.489 e. The summed E-state index contributed by atoms with van der Waals surface area (Å²) in [4.78, 5) is 12.3. The molecule has 3 heteroatoms. The van der Waals surface area contributed by atoms with Crippen molar-refractivity contribution in [1.29, 1.82) is 0 Å². The van der Waals surface area contributed by atoms with Gasteiger partial charge in [0, 0.05) is 16.7 Å². The van der Waals surface area contributed by atoms with Crippen LogP contribution in [0.4, 0.5) is 0 Å². The van der Waals surface area contributed by atoms with Crippen molar-refractivity contribution in [3.05, 3.63) is 96.1 Å². The third kappa shape index (κ3) is 6.49. The molecule has 2 rings (SSSR count). The minimum atomic E-state index is -0.433. The van der Waals surface area contributed by atoms with Gasteiger partial charge in [-0.1, -0.05) is 55.5 Å². The van der Waals surface area contributed by atoms with E-state index in [0.29, 0.717) is 24.4 Å². The van der Waals surface area contributed by atoms with E-state index in [1.807, 2.05) is 49.4 Å². The first-order valence-corrected chi connectivity index (χ1v) is 9.78. The van der Waals surface area contributed by atoms with Gasteiger partial charge in [-0.2, -0.15) is 0 Å². The van der Waals surface area contributed by atoms with E-state index in [-0.39, 0.29) is 5.92 Å². The Kier molecular flexibility index (Phi) is 8.02. The monoisotopic (exact) mass is 390 g/mol. The van der Waals surface area contributed by atoms with E-state index >= 15 is 0 Å². The summed E-state index contributed by atoms with van der Waals surface area (Å²) in [7, 11) is 0. The molecule has 0 aliphatic heterocycles. The number of carbonyl (C=O) groups excluding carboxylic acids is 1. The predicted octanol–water partition coefficient (Wildman–Crippen LogP) is 6.55. The summed E-state index contributed by atoms with van der Waals surface area (Å²) in [5, 5.41) is 0. The topological polar surface area (TPSA) is 35.5 Å². The van der Waals surface area contributed by atoms with Gasteiger partial charge in [-0.3, -0.25) is 0 Å². The second-order valence-corrected chi connectivity index (χ2v) is 7.50. The summed E-state index contributed by atoms with van der Waals surface area (Å²) in [6.45, 7) is 17.8. The maximum atomic E-state index is 12.3. The molecule has 0 saturated heterocycles. The van der Waals surface area contributed by atoms with Crippen LogP contribution in [0.5, 0.6) is 11.5 Å². The third-order valence-electron chi connectivity index (χ3n) is 4.51. The second-order valence-electron chi connectivity index (χ2n) is 7.50. The Morgan fingerprint density at radius 2 is 1.83 bits per heavy atom. The molecule has 152 valence electrons. The van der Waals surface area contributed by atoms with E-state index in [2.05, 4.69) is 26.7 Å². The first-order chi connectivity index (χ1) is 13.8. The number of benzene rings is 2. The maximum absolute atomic E-state index is 12.3. The van der Waals surface area contributed by atoms with Crippen LogP contribution in [0.25, 0.3) is 0 Å². The van der Waals surface area contributed by atoms with Gasteiger partial charge in [0.1, 0.15) is 18.1 Å². The van der Waals surface area contributed by atoms with Crippen LogP contribution in [0.1, 0.15) is 49.8 Å². The van der Waals surface area contributed by atoms with Gasteiger partial charge in [-0.05, 0) is 50.3 Å². The molecule has 0 fully saturated rings. The van der Waals surface area contributed by atoms with Crippen LogP contribution in [0.2, 0.25) is 0 Å². The van der Waals surface area contributed by atoms with E-state index in [1.165, 1.54) is 0 Å². The highest BCUT2D eigenvalue weighted by atomic mass is 16.5. The minimum absolute atomic E-state index is 0.115. The Morgan fingerprint density at radius 3 is 2.41 bits per heavy atom. The van der Waals surface area contributed by atoms with Crippen molar-refractivity contribution in [2.75, 3.05) is 0 Å². The fourth-order valence-electron chi connectivity index (χ4n) is 3.12. The maximum Gasteiger partial charge on any atom is 0.338 e. The lowest BCUT2D eigenvalue weighted by atomic mass is 9.91. The third-order valence-corrected chi connectivity index (χ3v) is 4.51. The lowest BCUT2D eigenvalue weighted by Crippen LogP contribution is -2.13. The number of rotatable bonds is 10. The highest BCUT2D eigenvalue weighted by Crippen LogP contribution is 2.38. The lowest BCUT2D eigenvalue weighted by molar-refractivity contribution is -0.130. The standard InChI is InChI=1S/C26H30O3/c1-7-11-22-15-23(28-17-21-12-9-8-10-13-21)16-24(20(6)14-18(2)3)25(22)29-26(27)19(4)5/h7-10,12-13,15-16,20H,1-2,4,11,14,17H2,3,5-6H3. The molecule has 1 unspecified atom stereocenters. The normalized spacial score (nSPS) is 11.4. The molecule has 1 atom stereocenters. The highest BCUT2D eigenvalue weighted by molar-refractivity contribution is 5.89. The van der Waals surface area contributed by atoms with Crippen molar-refractivity contribution in [1.82, 2.24) is 0 Å². The molecule has 0 radical (unpaired) electrons. The molecule has 0 N–H and O–H groups in total. The predicted molar refractivity (Wildman–Crippen MR) is 119 cm³/mol. The summed E-state index contributed by atoms with van der Waals surface area (Å²) >= 11 is 0. The molecular weight excluding hydrogens is 360 g/mol. The molecule has 0 spiro atoms. The molecule has 0 aliphatic rings. The fourth-order valence-corrected chi connectivity index (χ4v) is 3.12. The average Bonchev–Trinajstić information content (AvgIpc) is 2.68. The fraction of sp³-hybridized carbons (Fsp3) is 0.269. The Morgan fingerprint density at radius 1 is 1.14 bits per heavy atom. The summed E-state index contributed by atoms with van der Waals surface area (Å²) < 4.78 is 11.8. The van der Waals surface area contributed by atoms with Crippen molar-refractivity contribution in [2.24, 2.45) is 0 Å². The van der Waals surface area contributed by atoms with Crippen LogP contribution in [0, 0.1) is 0 Å². The lowest BCUT2D eigenvalue weighted by Gasteiger charge is -2.21. The Hall–Kier alpha value is -3.07. The van der Waals surface area contributed by atoms with Gasteiger partial charge in [0.15, 0.2) is 0 Å². The smallest absolute Gasteiger partial charge is 0.338 e. The Bertz CT molecular complexity index is 894. The van der Waals surface area contributed by atoms with Crippen molar-refractivity contribution >= 4 is 5.97 Å². The quantitative estimate of drug-likeness (QED) is 0.200. The summed E-state index contributed by atoms with van der Waals surface area (Å²) in [6.07, 6.45) is 3.14. The molecule has 0 amide bonds. The number of carbonyl (C=O) groups is 1. The van der Waals surface area contributed by atoms with Gasteiger partial charge in [0.05, 0.1) is 0 Å². The molecule has 3 nitrogen and oxygen atoms in total. The van der Waals surface area contributed by atoms with Gasteiger partial charge in [-0.15, -0.1) is 13.2 Å². The molecule has 0 aliphatic carbocycles. The van der Waals surface area contributed by atoms with Gasteiger partial charge >= 0.3 is 5.97 Å². The zero-order valence-electron chi connectivity index (χ0n) is 17.7. The second kappa shape index (κ2) is 10.5. The average molecular weight is 391 g/mol. The van der Waals surface area contributed by atoms with Crippen LogP contribution in [0.15, 0.2) is 79.4 Å². The van der Waals surface area contributed by atoms with E-state index in [4.69, 9.17) is 9.47 Å². The van der Waals surface area contributed by atoms with Crippen LogP contribution >= 0.6 is 0 Å². The zero-order valence-corrected chi connectivity index (χ0v) is 17.7. The molecule has 0 aromatic heterocycles. The molecule has 2 aromatic carbocycles. The van der Waals surface area contributed by atoms with Crippen molar-refractivity contribution in [2.45, 2.75) is 46.1 Å². The number of allylic oxidation sites excluding steroid dienone is 2. The van der Waals surface area contributed by atoms with E-state index in [1.54, 1.807) is 13.0 Å². The SMILES string of the molecule is C=CCc1cc(OCc2ccccc2)cc(C(C)CC(=C)C)c1OC(=O)C(=C)C. The van der Waals surface area contributed by atoms with Gasteiger partial charge in [0.2, 0.25) is 0 Å². The first kappa shape index (κ1) is 22.2. The van der Waals surface area contributed by atoms with Crippen LogP contribution in [0.3, 0.4) is 0 Å². The van der Waals surface area contributed by atoms with E-state index < -0.39 is 5.97 Å². The van der Waals surface area contributed by atoms with Gasteiger partial charge < -0.3 is 9.47 Å². The Balaban J connectivity index is 2.45. The summed E-state index contributed by atoms with van der Waals surface area (Å²) in [6, 6.07) is 13.9. The van der Waals surface area contributed by atoms with Crippen molar-refractivity contribution in [3.8, 4) is 11.5 Å².